The average molecular weight is 253 g/mol. The molecule has 1 aliphatic heterocycles. The van der Waals surface area contributed by atoms with E-state index in [1.54, 1.807) is 12.1 Å². The lowest BCUT2D eigenvalue weighted by Crippen LogP contribution is -2.38. The Balaban J connectivity index is 2.12. The van der Waals surface area contributed by atoms with Crippen molar-refractivity contribution in [3.8, 4) is 5.06 Å². The van der Waals surface area contributed by atoms with Gasteiger partial charge < -0.3 is 5.11 Å². The number of rotatable bonds is 5. The van der Waals surface area contributed by atoms with Gasteiger partial charge in [-0.1, -0.05) is 24.7 Å². The zero-order valence-electron chi connectivity index (χ0n) is 10.2. The molecule has 1 atom stereocenters. The van der Waals surface area contributed by atoms with Crippen LogP contribution in [0.3, 0.4) is 0 Å². The number of Topliss-reactive ketones (excluding diaryl/α,β-unsaturated/α-hetero) is 1. The standard InChI is InChI=1S/C13H19NO2S/c1-2-5-10(14-8-3-4-9-14)13(16)11-6-7-12(15)17-11/h6-7,10,15H,2-5,8-9H2,1H3. The molecule has 4 heteroatoms. The summed E-state index contributed by atoms with van der Waals surface area (Å²) in [6.07, 6.45) is 4.33. The van der Waals surface area contributed by atoms with Crippen LogP contribution >= 0.6 is 11.3 Å². The second-order valence-corrected chi connectivity index (χ2v) is 5.61. The van der Waals surface area contributed by atoms with Gasteiger partial charge in [0, 0.05) is 0 Å². The maximum absolute atomic E-state index is 12.4. The number of carbonyl (C=O) groups is 1. The lowest BCUT2D eigenvalue weighted by atomic mass is 10.0. The van der Waals surface area contributed by atoms with Gasteiger partial charge in [0.2, 0.25) is 0 Å². The minimum absolute atomic E-state index is 0.0144. The molecule has 1 saturated heterocycles. The van der Waals surface area contributed by atoms with Crippen LogP contribution in [-0.2, 0) is 0 Å². The molecular weight excluding hydrogens is 234 g/mol. The summed E-state index contributed by atoms with van der Waals surface area (Å²) in [5.41, 5.74) is 0. The topological polar surface area (TPSA) is 40.5 Å². The van der Waals surface area contributed by atoms with Crippen molar-refractivity contribution in [3.05, 3.63) is 17.0 Å². The maximum atomic E-state index is 12.4. The molecular formula is C13H19NO2S. The third-order valence-corrected chi connectivity index (χ3v) is 4.18. The molecule has 0 saturated carbocycles. The van der Waals surface area contributed by atoms with Crippen LogP contribution in [0.5, 0.6) is 5.06 Å². The number of thiophene rings is 1. The summed E-state index contributed by atoms with van der Waals surface area (Å²) < 4.78 is 0. The van der Waals surface area contributed by atoms with E-state index in [4.69, 9.17) is 0 Å². The highest BCUT2D eigenvalue weighted by Crippen LogP contribution is 2.27. The number of hydrogen-bond acceptors (Lipinski definition) is 4. The van der Waals surface area contributed by atoms with Crippen molar-refractivity contribution in [1.29, 1.82) is 0 Å². The number of ketones is 1. The fraction of sp³-hybridized carbons (Fsp3) is 0.615. The number of nitrogens with zero attached hydrogens (tertiary/aromatic N) is 1. The number of aromatic hydroxyl groups is 1. The van der Waals surface area contributed by atoms with E-state index in [0.29, 0.717) is 4.88 Å². The van der Waals surface area contributed by atoms with Crippen molar-refractivity contribution in [2.24, 2.45) is 0 Å². The summed E-state index contributed by atoms with van der Waals surface area (Å²) in [6.45, 7) is 4.18. The Hall–Kier alpha value is -0.870. The molecule has 0 spiro atoms. The molecule has 1 aromatic rings. The number of likely N-dealkylation sites (tertiary alicyclic amines) is 1. The summed E-state index contributed by atoms with van der Waals surface area (Å²) in [7, 11) is 0. The van der Waals surface area contributed by atoms with Crippen molar-refractivity contribution in [1.82, 2.24) is 4.90 Å². The SMILES string of the molecule is CCCC(C(=O)c1ccc(O)s1)N1CCCC1. The lowest BCUT2D eigenvalue weighted by molar-refractivity contribution is 0.0841. The second kappa shape index (κ2) is 5.65. The quantitative estimate of drug-likeness (QED) is 0.820. The smallest absolute Gasteiger partial charge is 0.189 e. The molecule has 1 aromatic heterocycles. The van der Waals surface area contributed by atoms with E-state index in [2.05, 4.69) is 11.8 Å². The minimum atomic E-state index is 0.0144. The van der Waals surface area contributed by atoms with Gasteiger partial charge >= 0.3 is 0 Å². The Morgan fingerprint density at radius 2 is 2.18 bits per heavy atom. The molecule has 2 heterocycles. The van der Waals surface area contributed by atoms with Gasteiger partial charge in [0.25, 0.3) is 0 Å². The molecule has 2 rings (SSSR count). The molecule has 3 nitrogen and oxygen atoms in total. The van der Waals surface area contributed by atoms with Crippen LogP contribution < -0.4 is 0 Å². The molecule has 17 heavy (non-hydrogen) atoms. The Kier molecular flexibility index (Phi) is 4.18. The molecule has 94 valence electrons. The van der Waals surface area contributed by atoms with E-state index in [9.17, 15) is 9.90 Å². The van der Waals surface area contributed by atoms with Crippen molar-refractivity contribution < 1.29 is 9.90 Å². The molecule has 0 radical (unpaired) electrons. The van der Waals surface area contributed by atoms with Crippen molar-refractivity contribution in [2.45, 2.75) is 38.6 Å². The van der Waals surface area contributed by atoms with Crippen molar-refractivity contribution in [3.63, 3.8) is 0 Å². The van der Waals surface area contributed by atoms with Gasteiger partial charge in [-0.05, 0) is 44.5 Å². The first-order chi connectivity index (χ1) is 8.22. The first-order valence-electron chi connectivity index (χ1n) is 6.29. The van der Waals surface area contributed by atoms with Crippen LogP contribution in [0, 0.1) is 0 Å². The normalized spacial score (nSPS) is 18.4. The Labute approximate surface area is 106 Å². The number of hydrogen-bond donors (Lipinski definition) is 1. The summed E-state index contributed by atoms with van der Waals surface area (Å²) >= 11 is 1.19. The fourth-order valence-corrected chi connectivity index (χ4v) is 3.16. The Bertz CT molecular complexity index is 383. The Morgan fingerprint density at radius 3 is 2.71 bits per heavy atom. The third-order valence-electron chi connectivity index (χ3n) is 3.28. The monoisotopic (exact) mass is 253 g/mol. The van der Waals surface area contributed by atoms with E-state index in [-0.39, 0.29) is 16.9 Å². The molecule has 1 N–H and O–H groups in total. The van der Waals surface area contributed by atoms with Crippen LogP contribution in [0.2, 0.25) is 0 Å². The fourth-order valence-electron chi connectivity index (χ4n) is 2.43. The van der Waals surface area contributed by atoms with Gasteiger partial charge in [-0.2, -0.15) is 0 Å². The van der Waals surface area contributed by atoms with Gasteiger partial charge in [0.05, 0.1) is 10.9 Å². The zero-order chi connectivity index (χ0) is 12.3. The highest BCUT2D eigenvalue weighted by molar-refractivity contribution is 7.15. The molecule has 1 fully saturated rings. The average Bonchev–Trinajstić information content (AvgIpc) is 2.95. The lowest BCUT2D eigenvalue weighted by Gasteiger charge is -2.25. The minimum Gasteiger partial charge on any atom is -0.499 e. The van der Waals surface area contributed by atoms with Crippen LogP contribution in [0.4, 0.5) is 0 Å². The van der Waals surface area contributed by atoms with E-state index < -0.39 is 0 Å². The number of carbonyl (C=O) groups excluding carboxylic acids is 1. The molecule has 1 aliphatic rings. The largest absolute Gasteiger partial charge is 0.499 e. The molecule has 0 aromatic carbocycles. The van der Waals surface area contributed by atoms with E-state index in [0.717, 1.165) is 25.9 Å². The van der Waals surface area contributed by atoms with Crippen LogP contribution in [0.25, 0.3) is 0 Å². The second-order valence-electron chi connectivity index (χ2n) is 4.55. The molecule has 0 aliphatic carbocycles. The summed E-state index contributed by atoms with van der Waals surface area (Å²) in [6, 6.07) is 3.35. The zero-order valence-corrected chi connectivity index (χ0v) is 11.0. The molecule has 1 unspecified atom stereocenters. The van der Waals surface area contributed by atoms with Gasteiger partial charge in [0.15, 0.2) is 10.8 Å². The van der Waals surface area contributed by atoms with E-state index in [1.165, 1.54) is 24.2 Å². The highest BCUT2D eigenvalue weighted by atomic mass is 32.1. The third kappa shape index (κ3) is 2.87. The summed E-state index contributed by atoms with van der Waals surface area (Å²) in [4.78, 5) is 15.4. The van der Waals surface area contributed by atoms with Crippen LogP contribution in [0.15, 0.2) is 12.1 Å². The predicted octanol–water partition coefficient (Wildman–Crippen LogP) is 2.90. The van der Waals surface area contributed by atoms with Gasteiger partial charge in [0.1, 0.15) is 0 Å². The van der Waals surface area contributed by atoms with Gasteiger partial charge in [-0.25, -0.2) is 0 Å². The van der Waals surface area contributed by atoms with Gasteiger partial charge in [-0.15, -0.1) is 0 Å². The van der Waals surface area contributed by atoms with Gasteiger partial charge in [-0.3, -0.25) is 9.69 Å². The summed E-state index contributed by atoms with van der Waals surface area (Å²) in [5, 5.41) is 9.56. The molecule has 0 amide bonds. The molecule has 0 bridgehead atoms. The van der Waals surface area contributed by atoms with Crippen molar-refractivity contribution in [2.75, 3.05) is 13.1 Å². The highest BCUT2D eigenvalue weighted by Gasteiger charge is 2.28. The van der Waals surface area contributed by atoms with E-state index >= 15 is 0 Å². The first-order valence-corrected chi connectivity index (χ1v) is 7.11. The maximum Gasteiger partial charge on any atom is 0.189 e. The van der Waals surface area contributed by atoms with Crippen molar-refractivity contribution >= 4 is 17.1 Å². The summed E-state index contributed by atoms with van der Waals surface area (Å²) in [5.74, 6) is 0.180. The Morgan fingerprint density at radius 1 is 1.47 bits per heavy atom. The van der Waals surface area contributed by atoms with E-state index in [1.807, 2.05) is 0 Å². The van der Waals surface area contributed by atoms with Crippen LogP contribution in [0.1, 0.15) is 42.3 Å². The van der Waals surface area contributed by atoms with Crippen LogP contribution in [-0.4, -0.2) is 34.9 Å². The predicted molar refractivity (Wildman–Crippen MR) is 69.8 cm³/mol. The first kappa shape index (κ1) is 12.6.